The number of rotatable bonds is 0. The molecule has 0 bridgehead atoms. The van der Waals surface area contributed by atoms with Crippen molar-refractivity contribution in [3.05, 3.63) is 66.2 Å². The molecule has 2 aromatic rings. The fourth-order valence-corrected chi connectivity index (χ4v) is 1.80. The van der Waals surface area contributed by atoms with Gasteiger partial charge < -0.3 is 5.32 Å². The second-order valence-corrected chi connectivity index (χ2v) is 3.84. The maximum absolute atomic E-state index is 3.36. The summed E-state index contributed by atoms with van der Waals surface area (Å²) < 4.78 is 0. The first-order chi connectivity index (χ1) is 7.97. The van der Waals surface area contributed by atoms with Crippen LogP contribution in [0.15, 0.2) is 60.7 Å². The monoisotopic (exact) mass is 211 g/mol. The fourth-order valence-electron chi connectivity index (χ4n) is 1.80. The van der Waals surface area contributed by atoms with E-state index in [-0.39, 0.29) is 0 Å². The van der Waals surface area contributed by atoms with Crippen LogP contribution in [-0.4, -0.2) is 6.54 Å². The minimum atomic E-state index is 1.14. The standard InChI is InChI=1S/C9H11N.C6H6/c1-2-6-9-8(4-1)5-3-7-10-9;1-2-4-6-5-3-1/h1-2,4,6,10H,3,5,7H2;1-6H. The number of benzene rings is 2. The van der Waals surface area contributed by atoms with Gasteiger partial charge in [-0.05, 0) is 24.5 Å². The average molecular weight is 211 g/mol. The largest absolute Gasteiger partial charge is 0.385 e. The lowest BCUT2D eigenvalue weighted by atomic mass is 10.0. The fraction of sp³-hybridized carbons (Fsp3) is 0.200. The summed E-state index contributed by atoms with van der Waals surface area (Å²) in [6, 6.07) is 20.5. The van der Waals surface area contributed by atoms with E-state index < -0.39 is 0 Å². The summed E-state index contributed by atoms with van der Waals surface area (Å²) in [5.74, 6) is 0. The molecule has 2 aromatic carbocycles. The number of aryl methyl sites for hydroxylation is 1. The van der Waals surface area contributed by atoms with Crippen LogP contribution in [0.2, 0.25) is 0 Å². The molecule has 0 aromatic heterocycles. The van der Waals surface area contributed by atoms with Crippen molar-refractivity contribution in [3.63, 3.8) is 0 Å². The van der Waals surface area contributed by atoms with E-state index in [1.807, 2.05) is 36.4 Å². The highest BCUT2D eigenvalue weighted by atomic mass is 14.9. The zero-order valence-corrected chi connectivity index (χ0v) is 9.39. The molecule has 0 saturated carbocycles. The maximum Gasteiger partial charge on any atom is 0.0372 e. The molecule has 3 rings (SSSR count). The number of fused-ring (bicyclic) bond motifs is 1. The Hall–Kier alpha value is -1.76. The second-order valence-electron chi connectivity index (χ2n) is 3.84. The molecule has 0 fully saturated rings. The lowest BCUT2D eigenvalue weighted by Crippen LogP contribution is -2.10. The van der Waals surface area contributed by atoms with Crippen molar-refractivity contribution in [2.75, 3.05) is 11.9 Å². The minimum Gasteiger partial charge on any atom is -0.385 e. The van der Waals surface area contributed by atoms with E-state index in [0.29, 0.717) is 0 Å². The zero-order valence-electron chi connectivity index (χ0n) is 9.39. The van der Waals surface area contributed by atoms with Gasteiger partial charge in [0.05, 0.1) is 0 Å². The highest BCUT2D eigenvalue weighted by Crippen LogP contribution is 2.20. The van der Waals surface area contributed by atoms with Gasteiger partial charge in [0.25, 0.3) is 0 Å². The quantitative estimate of drug-likeness (QED) is 0.700. The molecule has 0 radical (unpaired) electrons. The number of anilines is 1. The normalized spacial score (nSPS) is 12.8. The first-order valence-electron chi connectivity index (χ1n) is 5.78. The second kappa shape index (κ2) is 5.96. The Kier molecular flexibility index (Phi) is 4.00. The van der Waals surface area contributed by atoms with E-state index in [2.05, 4.69) is 29.6 Å². The summed E-state index contributed by atoms with van der Waals surface area (Å²) >= 11 is 0. The Labute approximate surface area is 97.1 Å². The Morgan fingerprint density at radius 3 is 2.00 bits per heavy atom. The van der Waals surface area contributed by atoms with Crippen LogP contribution in [0.3, 0.4) is 0 Å². The molecule has 0 aliphatic carbocycles. The molecule has 0 saturated heterocycles. The van der Waals surface area contributed by atoms with Gasteiger partial charge in [-0.2, -0.15) is 0 Å². The Bertz CT molecular complexity index is 357. The molecule has 0 spiro atoms. The molecule has 82 valence electrons. The maximum atomic E-state index is 3.36. The Morgan fingerprint density at radius 1 is 0.750 bits per heavy atom. The number of nitrogens with one attached hydrogen (secondary N) is 1. The first-order valence-corrected chi connectivity index (χ1v) is 5.78. The summed E-state index contributed by atoms with van der Waals surface area (Å²) in [7, 11) is 0. The van der Waals surface area contributed by atoms with Crippen LogP contribution in [0.4, 0.5) is 5.69 Å². The van der Waals surface area contributed by atoms with Crippen LogP contribution in [-0.2, 0) is 6.42 Å². The van der Waals surface area contributed by atoms with E-state index in [1.54, 1.807) is 0 Å². The van der Waals surface area contributed by atoms with Gasteiger partial charge in [0.1, 0.15) is 0 Å². The molecule has 1 N–H and O–H groups in total. The van der Waals surface area contributed by atoms with E-state index in [1.165, 1.54) is 24.1 Å². The van der Waals surface area contributed by atoms with Crippen LogP contribution in [0.25, 0.3) is 0 Å². The lowest BCUT2D eigenvalue weighted by molar-refractivity contribution is 0.830. The lowest BCUT2D eigenvalue weighted by Gasteiger charge is -2.16. The van der Waals surface area contributed by atoms with Crippen LogP contribution >= 0.6 is 0 Å². The van der Waals surface area contributed by atoms with Gasteiger partial charge >= 0.3 is 0 Å². The van der Waals surface area contributed by atoms with Crippen molar-refractivity contribution in [2.45, 2.75) is 12.8 Å². The van der Waals surface area contributed by atoms with Gasteiger partial charge in [0.2, 0.25) is 0 Å². The topological polar surface area (TPSA) is 12.0 Å². The minimum absolute atomic E-state index is 1.14. The predicted octanol–water partition coefficient (Wildman–Crippen LogP) is 3.73. The number of hydrogen-bond acceptors (Lipinski definition) is 1. The van der Waals surface area contributed by atoms with E-state index in [4.69, 9.17) is 0 Å². The Balaban J connectivity index is 0.000000138. The molecule has 1 aliphatic rings. The van der Waals surface area contributed by atoms with Crippen molar-refractivity contribution >= 4 is 5.69 Å². The third-order valence-corrected chi connectivity index (χ3v) is 2.62. The number of hydrogen-bond donors (Lipinski definition) is 1. The molecular weight excluding hydrogens is 194 g/mol. The van der Waals surface area contributed by atoms with Crippen LogP contribution < -0.4 is 5.32 Å². The van der Waals surface area contributed by atoms with Crippen LogP contribution in [0, 0.1) is 0 Å². The predicted molar refractivity (Wildman–Crippen MR) is 69.7 cm³/mol. The van der Waals surface area contributed by atoms with Gasteiger partial charge in [-0.15, -0.1) is 0 Å². The summed E-state index contributed by atoms with van der Waals surface area (Å²) in [5.41, 5.74) is 2.79. The Morgan fingerprint density at radius 2 is 1.38 bits per heavy atom. The number of para-hydroxylation sites is 1. The van der Waals surface area contributed by atoms with Gasteiger partial charge in [-0.25, -0.2) is 0 Å². The molecular formula is C15H17N. The highest BCUT2D eigenvalue weighted by molar-refractivity contribution is 5.52. The highest BCUT2D eigenvalue weighted by Gasteiger charge is 2.04. The van der Waals surface area contributed by atoms with Gasteiger partial charge in [0, 0.05) is 12.2 Å². The van der Waals surface area contributed by atoms with Crippen molar-refractivity contribution < 1.29 is 0 Å². The van der Waals surface area contributed by atoms with Gasteiger partial charge in [-0.1, -0.05) is 54.6 Å². The van der Waals surface area contributed by atoms with Crippen molar-refractivity contribution in [1.29, 1.82) is 0 Å². The first kappa shape index (κ1) is 10.7. The van der Waals surface area contributed by atoms with Crippen molar-refractivity contribution in [3.8, 4) is 0 Å². The summed E-state index contributed by atoms with van der Waals surface area (Å²) in [5, 5.41) is 3.36. The average Bonchev–Trinajstić information content (AvgIpc) is 2.42. The molecule has 1 nitrogen and oxygen atoms in total. The molecule has 0 atom stereocenters. The molecule has 0 amide bonds. The molecule has 0 unspecified atom stereocenters. The summed E-state index contributed by atoms with van der Waals surface area (Å²) in [4.78, 5) is 0. The van der Waals surface area contributed by atoms with Gasteiger partial charge in [-0.3, -0.25) is 0 Å². The van der Waals surface area contributed by atoms with Crippen LogP contribution in [0.5, 0.6) is 0 Å². The summed E-state index contributed by atoms with van der Waals surface area (Å²) in [6.07, 6.45) is 2.51. The van der Waals surface area contributed by atoms with E-state index >= 15 is 0 Å². The molecule has 1 aliphatic heterocycles. The van der Waals surface area contributed by atoms with Crippen LogP contribution in [0.1, 0.15) is 12.0 Å². The molecule has 16 heavy (non-hydrogen) atoms. The SMILES string of the molecule is c1ccc2c(c1)CCCN2.c1ccccc1. The van der Waals surface area contributed by atoms with Crippen molar-refractivity contribution in [1.82, 2.24) is 0 Å². The third-order valence-electron chi connectivity index (χ3n) is 2.62. The van der Waals surface area contributed by atoms with Gasteiger partial charge in [0.15, 0.2) is 0 Å². The summed E-state index contributed by atoms with van der Waals surface area (Å²) in [6.45, 7) is 1.14. The third kappa shape index (κ3) is 3.13. The van der Waals surface area contributed by atoms with E-state index in [0.717, 1.165) is 6.54 Å². The molecule has 1 heteroatoms. The smallest absolute Gasteiger partial charge is 0.0372 e. The van der Waals surface area contributed by atoms with Crippen molar-refractivity contribution in [2.24, 2.45) is 0 Å². The molecule has 1 heterocycles. The van der Waals surface area contributed by atoms with E-state index in [9.17, 15) is 0 Å². The zero-order chi connectivity index (χ0) is 11.1.